The number of aliphatic hydroxyl groups excluding tert-OH is 1. The predicted octanol–water partition coefficient (Wildman–Crippen LogP) is 5.59. The van der Waals surface area contributed by atoms with E-state index in [9.17, 15) is 18.3 Å². The molecule has 0 saturated carbocycles. The number of carbonyl (C=O) groups is 1. The minimum atomic E-state index is -3.71. The average Bonchev–Trinajstić information content (AvgIpc) is 2.88. The number of hydrogen-bond donors (Lipinski definition) is 2. The van der Waals surface area contributed by atoms with Crippen LogP contribution in [-0.4, -0.2) is 25.1 Å². The number of nitrogens with two attached hydrogens (primary N) is 1. The van der Waals surface area contributed by atoms with E-state index in [-0.39, 0.29) is 32.6 Å². The Bertz CT molecular complexity index is 1570. The molecular formula is C30H28N2O4S. The van der Waals surface area contributed by atoms with E-state index in [0.717, 1.165) is 0 Å². The number of ketones is 1. The standard InChI is InChI=1S/C30H28N2O4S/c1-30(2)17-23-26(24(33)18-30)25(27(29(31)32-23)28(34)20-9-5-3-6-10-20)19-13-15-22(16-14-19)37(35,36)21-11-7-4-8-12-21/h3-16,25,34H,17-18H2,1-2H3,(H2,31,32)/b28-27+. The second kappa shape index (κ2) is 9.16. The fraction of sp³-hybridized carbons (Fsp3) is 0.200. The summed E-state index contributed by atoms with van der Waals surface area (Å²) in [5, 5.41) is 11.3. The van der Waals surface area contributed by atoms with E-state index in [4.69, 9.17) is 5.73 Å². The molecule has 0 fully saturated rings. The van der Waals surface area contributed by atoms with Crippen molar-refractivity contribution in [3.8, 4) is 0 Å². The van der Waals surface area contributed by atoms with Crippen molar-refractivity contribution in [3.05, 3.63) is 113 Å². The number of aliphatic hydroxyl groups is 1. The van der Waals surface area contributed by atoms with Gasteiger partial charge in [-0.3, -0.25) is 4.79 Å². The lowest BCUT2D eigenvalue weighted by atomic mass is 9.68. The summed E-state index contributed by atoms with van der Waals surface area (Å²) in [4.78, 5) is 18.4. The number of nitrogens with zero attached hydrogens (tertiary/aromatic N) is 1. The molecule has 0 aromatic heterocycles. The Morgan fingerprint density at radius 2 is 1.46 bits per heavy atom. The first-order chi connectivity index (χ1) is 17.6. The van der Waals surface area contributed by atoms with Crippen LogP contribution in [0.1, 0.15) is 43.7 Å². The average molecular weight is 513 g/mol. The van der Waals surface area contributed by atoms with Gasteiger partial charge in [-0.1, -0.05) is 74.5 Å². The summed E-state index contributed by atoms with van der Waals surface area (Å²) in [6.07, 6.45) is 0.919. The molecular weight excluding hydrogens is 484 g/mol. The second-order valence-corrected chi connectivity index (χ2v) is 12.2. The number of Topliss-reactive ketones (excluding diaryl/α,β-unsaturated/α-hetero) is 1. The first-order valence-corrected chi connectivity index (χ1v) is 13.6. The summed E-state index contributed by atoms with van der Waals surface area (Å²) >= 11 is 0. The summed E-state index contributed by atoms with van der Waals surface area (Å²) in [7, 11) is -3.71. The molecule has 3 aromatic rings. The van der Waals surface area contributed by atoms with Crippen LogP contribution in [0.25, 0.3) is 5.76 Å². The summed E-state index contributed by atoms with van der Waals surface area (Å²) in [6, 6.07) is 23.7. The van der Waals surface area contributed by atoms with Gasteiger partial charge in [-0.25, -0.2) is 13.4 Å². The van der Waals surface area contributed by atoms with E-state index in [2.05, 4.69) is 4.99 Å². The van der Waals surface area contributed by atoms with Crippen molar-refractivity contribution in [2.45, 2.75) is 42.4 Å². The zero-order valence-corrected chi connectivity index (χ0v) is 21.5. The highest BCUT2D eigenvalue weighted by Crippen LogP contribution is 2.48. The van der Waals surface area contributed by atoms with Crippen molar-refractivity contribution in [3.63, 3.8) is 0 Å². The van der Waals surface area contributed by atoms with Gasteiger partial charge in [0.25, 0.3) is 0 Å². The largest absolute Gasteiger partial charge is 0.507 e. The van der Waals surface area contributed by atoms with Gasteiger partial charge in [0.15, 0.2) is 5.78 Å². The van der Waals surface area contributed by atoms with Crippen LogP contribution in [-0.2, 0) is 14.6 Å². The molecule has 0 radical (unpaired) electrons. The number of aliphatic imine (C=N–C) groups is 1. The van der Waals surface area contributed by atoms with E-state index in [1.165, 1.54) is 12.1 Å². The highest BCUT2D eigenvalue weighted by molar-refractivity contribution is 7.91. The van der Waals surface area contributed by atoms with Gasteiger partial charge >= 0.3 is 0 Å². The Kier molecular flexibility index (Phi) is 6.12. The van der Waals surface area contributed by atoms with E-state index >= 15 is 0 Å². The number of amidine groups is 1. The number of rotatable bonds is 4. The highest BCUT2D eigenvalue weighted by Gasteiger charge is 2.42. The zero-order valence-electron chi connectivity index (χ0n) is 20.7. The van der Waals surface area contributed by atoms with Crippen molar-refractivity contribution >= 4 is 27.2 Å². The molecule has 37 heavy (non-hydrogen) atoms. The van der Waals surface area contributed by atoms with Crippen molar-refractivity contribution in [1.82, 2.24) is 0 Å². The smallest absolute Gasteiger partial charge is 0.206 e. The molecule has 188 valence electrons. The molecule has 3 aromatic carbocycles. The third kappa shape index (κ3) is 4.51. The lowest BCUT2D eigenvalue weighted by Gasteiger charge is -2.37. The van der Waals surface area contributed by atoms with Crippen LogP contribution in [0, 0.1) is 5.41 Å². The topological polar surface area (TPSA) is 110 Å². The molecule has 0 bridgehead atoms. The first kappa shape index (κ1) is 24.7. The Morgan fingerprint density at radius 1 is 0.892 bits per heavy atom. The molecule has 7 heteroatoms. The first-order valence-electron chi connectivity index (χ1n) is 12.1. The van der Waals surface area contributed by atoms with Crippen molar-refractivity contribution in [1.29, 1.82) is 0 Å². The fourth-order valence-electron chi connectivity index (χ4n) is 5.15. The predicted molar refractivity (Wildman–Crippen MR) is 144 cm³/mol. The molecule has 0 amide bonds. The minimum Gasteiger partial charge on any atom is -0.507 e. The van der Waals surface area contributed by atoms with Crippen LogP contribution >= 0.6 is 0 Å². The van der Waals surface area contributed by atoms with Gasteiger partial charge in [-0.2, -0.15) is 0 Å². The molecule has 0 spiro atoms. The lowest BCUT2D eigenvalue weighted by Crippen LogP contribution is -2.35. The van der Waals surface area contributed by atoms with Gasteiger partial charge in [-0.05, 0) is 41.7 Å². The second-order valence-electron chi connectivity index (χ2n) is 10.2. The molecule has 1 aliphatic carbocycles. The van der Waals surface area contributed by atoms with E-state index in [1.54, 1.807) is 66.7 Å². The number of sulfone groups is 1. The van der Waals surface area contributed by atoms with Gasteiger partial charge in [0.2, 0.25) is 9.84 Å². The maximum absolute atomic E-state index is 13.5. The van der Waals surface area contributed by atoms with Crippen molar-refractivity contribution in [2.75, 3.05) is 0 Å². The normalized spacial score (nSPS) is 20.8. The molecule has 2 aliphatic rings. The van der Waals surface area contributed by atoms with Gasteiger partial charge in [0, 0.05) is 29.0 Å². The number of hydrogen-bond acceptors (Lipinski definition) is 6. The van der Waals surface area contributed by atoms with Crippen LogP contribution in [0.15, 0.2) is 117 Å². The van der Waals surface area contributed by atoms with Crippen LogP contribution < -0.4 is 5.73 Å². The van der Waals surface area contributed by atoms with E-state index in [1.807, 2.05) is 19.9 Å². The van der Waals surface area contributed by atoms with E-state index < -0.39 is 15.8 Å². The number of allylic oxidation sites excluding steroid dienone is 2. The molecule has 1 heterocycles. The van der Waals surface area contributed by atoms with Crippen molar-refractivity contribution < 1.29 is 18.3 Å². The Hall–Kier alpha value is -3.97. The Balaban J connectivity index is 1.67. The van der Waals surface area contributed by atoms with Gasteiger partial charge < -0.3 is 10.8 Å². The maximum Gasteiger partial charge on any atom is 0.206 e. The molecule has 0 saturated heterocycles. The lowest BCUT2D eigenvalue weighted by molar-refractivity contribution is -0.118. The van der Waals surface area contributed by atoms with Crippen molar-refractivity contribution in [2.24, 2.45) is 16.1 Å². The maximum atomic E-state index is 13.5. The van der Waals surface area contributed by atoms with Crippen LogP contribution in [0.5, 0.6) is 0 Å². The summed E-state index contributed by atoms with van der Waals surface area (Å²) in [5.41, 5.74) is 8.86. The SMILES string of the molecule is CC1(C)CC(=O)C2=C(C1)N=C(N)/C(=C(/O)c1ccccc1)C2c1ccc(S(=O)(=O)c2ccccc2)cc1. The van der Waals surface area contributed by atoms with Gasteiger partial charge in [0.05, 0.1) is 15.5 Å². The van der Waals surface area contributed by atoms with Crippen LogP contribution in [0.2, 0.25) is 0 Å². The molecule has 1 aliphatic heterocycles. The molecule has 1 unspecified atom stereocenters. The molecule has 1 atom stereocenters. The van der Waals surface area contributed by atoms with Gasteiger partial charge in [0.1, 0.15) is 11.6 Å². The molecule has 5 rings (SSSR count). The number of carbonyl (C=O) groups excluding carboxylic acids is 1. The minimum absolute atomic E-state index is 0.0492. The van der Waals surface area contributed by atoms with Crippen LogP contribution in [0.4, 0.5) is 0 Å². The molecule has 3 N–H and O–H groups in total. The number of benzene rings is 3. The van der Waals surface area contributed by atoms with Gasteiger partial charge in [-0.15, -0.1) is 0 Å². The third-order valence-electron chi connectivity index (χ3n) is 6.88. The highest BCUT2D eigenvalue weighted by atomic mass is 32.2. The summed E-state index contributed by atoms with van der Waals surface area (Å²) in [5.74, 6) is -0.634. The Labute approximate surface area is 216 Å². The molecule has 6 nitrogen and oxygen atoms in total. The summed E-state index contributed by atoms with van der Waals surface area (Å²) in [6.45, 7) is 4.04. The monoisotopic (exact) mass is 512 g/mol. The fourth-order valence-corrected chi connectivity index (χ4v) is 6.43. The quantitative estimate of drug-likeness (QED) is 0.443. The third-order valence-corrected chi connectivity index (χ3v) is 8.67. The zero-order chi connectivity index (χ0) is 26.4. The van der Waals surface area contributed by atoms with E-state index in [0.29, 0.717) is 40.8 Å². The Morgan fingerprint density at radius 3 is 2.08 bits per heavy atom. The summed E-state index contributed by atoms with van der Waals surface area (Å²) < 4.78 is 26.3. The van der Waals surface area contributed by atoms with Crippen LogP contribution in [0.3, 0.4) is 0 Å².